The minimum absolute atomic E-state index is 0.259. The summed E-state index contributed by atoms with van der Waals surface area (Å²) in [6.45, 7) is 5.67. The van der Waals surface area contributed by atoms with Crippen LogP contribution in [0, 0.1) is 18.3 Å². The van der Waals surface area contributed by atoms with Crippen molar-refractivity contribution >= 4 is 6.01 Å². The summed E-state index contributed by atoms with van der Waals surface area (Å²) >= 11 is 0. The van der Waals surface area contributed by atoms with E-state index in [0.29, 0.717) is 17.5 Å². The lowest BCUT2D eigenvalue weighted by Gasteiger charge is -2.02. The van der Waals surface area contributed by atoms with Crippen LogP contribution in [0.5, 0.6) is 0 Å². The average Bonchev–Trinajstić information content (AvgIpc) is 2.29. The molecule has 0 bridgehead atoms. The molecular formula is C8H11N3O. The Labute approximate surface area is 71.2 Å². The van der Waals surface area contributed by atoms with Crippen molar-refractivity contribution < 1.29 is 4.42 Å². The molecule has 0 saturated heterocycles. The first-order valence-corrected chi connectivity index (χ1v) is 3.77. The molecule has 0 amide bonds. The van der Waals surface area contributed by atoms with E-state index in [-0.39, 0.29) is 6.04 Å². The SMILES string of the molecule is Cc1oc(NC(C)C)nc1C#N. The van der Waals surface area contributed by atoms with Crippen molar-refractivity contribution in [2.24, 2.45) is 0 Å². The predicted octanol–water partition coefficient (Wildman–Crippen LogP) is 1.68. The number of oxazole rings is 1. The molecule has 0 aliphatic heterocycles. The quantitative estimate of drug-likeness (QED) is 0.724. The van der Waals surface area contributed by atoms with Gasteiger partial charge in [-0.1, -0.05) is 0 Å². The first-order chi connectivity index (χ1) is 5.63. The van der Waals surface area contributed by atoms with Crippen molar-refractivity contribution in [3.05, 3.63) is 11.5 Å². The van der Waals surface area contributed by atoms with E-state index in [1.807, 2.05) is 19.9 Å². The van der Waals surface area contributed by atoms with E-state index >= 15 is 0 Å². The largest absolute Gasteiger partial charge is 0.428 e. The number of nitriles is 1. The molecule has 0 radical (unpaired) electrons. The van der Waals surface area contributed by atoms with Crippen LogP contribution in [-0.4, -0.2) is 11.0 Å². The molecule has 1 aromatic heterocycles. The normalized spacial score (nSPS) is 9.92. The zero-order valence-corrected chi connectivity index (χ0v) is 7.38. The number of aryl methyl sites for hydroxylation is 1. The van der Waals surface area contributed by atoms with Gasteiger partial charge in [0.15, 0.2) is 5.69 Å². The summed E-state index contributed by atoms with van der Waals surface area (Å²) in [5, 5.41) is 11.5. The van der Waals surface area contributed by atoms with Gasteiger partial charge in [-0.15, -0.1) is 0 Å². The van der Waals surface area contributed by atoms with E-state index in [1.165, 1.54) is 0 Å². The minimum atomic E-state index is 0.259. The number of anilines is 1. The number of hydrogen-bond acceptors (Lipinski definition) is 4. The fourth-order valence-electron chi connectivity index (χ4n) is 0.809. The van der Waals surface area contributed by atoms with Crippen LogP contribution in [0.3, 0.4) is 0 Å². The van der Waals surface area contributed by atoms with Gasteiger partial charge in [-0.3, -0.25) is 0 Å². The second-order valence-electron chi connectivity index (χ2n) is 2.83. The molecule has 0 unspecified atom stereocenters. The number of hydrogen-bond donors (Lipinski definition) is 1. The predicted molar refractivity (Wildman–Crippen MR) is 44.7 cm³/mol. The molecule has 1 heterocycles. The Bertz CT molecular complexity index is 309. The first-order valence-electron chi connectivity index (χ1n) is 3.77. The van der Waals surface area contributed by atoms with E-state index < -0.39 is 0 Å². The van der Waals surface area contributed by atoms with Crippen molar-refractivity contribution in [2.45, 2.75) is 26.8 Å². The summed E-state index contributed by atoms with van der Waals surface area (Å²) in [6.07, 6.45) is 0. The van der Waals surface area contributed by atoms with Crippen molar-refractivity contribution in [3.8, 4) is 6.07 Å². The Morgan fingerprint density at radius 1 is 1.58 bits per heavy atom. The van der Waals surface area contributed by atoms with Crippen LogP contribution in [-0.2, 0) is 0 Å². The maximum Gasteiger partial charge on any atom is 0.296 e. The maximum atomic E-state index is 8.57. The van der Waals surface area contributed by atoms with E-state index in [9.17, 15) is 0 Å². The van der Waals surface area contributed by atoms with Gasteiger partial charge in [0.1, 0.15) is 11.8 Å². The second kappa shape index (κ2) is 3.26. The molecule has 64 valence electrons. The lowest BCUT2D eigenvalue weighted by Crippen LogP contribution is -2.09. The van der Waals surface area contributed by atoms with Gasteiger partial charge in [0, 0.05) is 6.04 Å². The summed E-state index contributed by atoms with van der Waals surface area (Å²) in [5.74, 6) is 0.556. The molecular weight excluding hydrogens is 154 g/mol. The third-order valence-corrected chi connectivity index (χ3v) is 1.31. The number of rotatable bonds is 2. The molecule has 4 nitrogen and oxygen atoms in total. The summed E-state index contributed by atoms with van der Waals surface area (Å²) in [5.41, 5.74) is 0.346. The van der Waals surface area contributed by atoms with Gasteiger partial charge < -0.3 is 9.73 Å². The van der Waals surface area contributed by atoms with Crippen LogP contribution < -0.4 is 5.32 Å². The average molecular weight is 165 g/mol. The molecule has 4 heteroatoms. The zero-order valence-electron chi connectivity index (χ0n) is 7.38. The number of nitrogens with one attached hydrogen (secondary N) is 1. The Balaban J connectivity index is 2.84. The third kappa shape index (κ3) is 1.76. The summed E-state index contributed by atoms with van der Waals surface area (Å²) in [4.78, 5) is 3.93. The Kier molecular flexibility index (Phi) is 2.34. The van der Waals surface area contributed by atoms with Gasteiger partial charge in [0.2, 0.25) is 0 Å². The van der Waals surface area contributed by atoms with Crippen LogP contribution in [0.2, 0.25) is 0 Å². The molecule has 0 spiro atoms. The Hall–Kier alpha value is -1.50. The monoisotopic (exact) mass is 165 g/mol. The van der Waals surface area contributed by atoms with E-state index in [2.05, 4.69) is 10.3 Å². The second-order valence-corrected chi connectivity index (χ2v) is 2.83. The first kappa shape index (κ1) is 8.60. The Morgan fingerprint density at radius 3 is 2.67 bits per heavy atom. The molecule has 1 N–H and O–H groups in total. The van der Waals surface area contributed by atoms with Crippen LogP contribution in [0.4, 0.5) is 6.01 Å². The smallest absolute Gasteiger partial charge is 0.296 e. The van der Waals surface area contributed by atoms with Crippen LogP contribution in [0.15, 0.2) is 4.42 Å². The van der Waals surface area contributed by atoms with E-state index in [0.717, 1.165) is 0 Å². The fraction of sp³-hybridized carbons (Fsp3) is 0.500. The highest BCUT2D eigenvalue weighted by Crippen LogP contribution is 2.13. The third-order valence-electron chi connectivity index (χ3n) is 1.31. The van der Waals surface area contributed by atoms with Gasteiger partial charge in [0.05, 0.1) is 0 Å². The van der Waals surface area contributed by atoms with Crippen molar-refractivity contribution in [2.75, 3.05) is 5.32 Å². The summed E-state index contributed by atoms with van der Waals surface area (Å²) in [7, 11) is 0. The topological polar surface area (TPSA) is 61.9 Å². The lowest BCUT2D eigenvalue weighted by atomic mass is 10.4. The number of aromatic nitrogens is 1. The Morgan fingerprint density at radius 2 is 2.25 bits per heavy atom. The van der Waals surface area contributed by atoms with Crippen LogP contribution in [0.25, 0.3) is 0 Å². The molecule has 0 aliphatic carbocycles. The van der Waals surface area contributed by atoms with Crippen molar-refractivity contribution in [3.63, 3.8) is 0 Å². The molecule has 0 fully saturated rings. The van der Waals surface area contributed by atoms with Crippen LogP contribution in [0.1, 0.15) is 25.3 Å². The van der Waals surface area contributed by atoms with Crippen molar-refractivity contribution in [1.82, 2.24) is 4.98 Å². The highest BCUT2D eigenvalue weighted by atomic mass is 16.4. The van der Waals surface area contributed by atoms with Crippen LogP contribution >= 0.6 is 0 Å². The molecule has 0 saturated carbocycles. The molecule has 0 atom stereocenters. The molecule has 12 heavy (non-hydrogen) atoms. The fourth-order valence-corrected chi connectivity index (χ4v) is 0.809. The molecule has 0 aliphatic rings. The molecule has 0 aromatic carbocycles. The zero-order chi connectivity index (χ0) is 9.14. The molecule has 1 rings (SSSR count). The van der Waals surface area contributed by atoms with Gasteiger partial charge in [-0.2, -0.15) is 10.2 Å². The van der Waals surface area contributed by atoms with Crippen molar-refractivity contribution in [1.29, 1.82) is 5.26 Å². The van der Waals surface area contributed by atoms with E-state index in [1.54, 1.807) is 6.92 Å². The van der Waals surface area contributed by atoms with Gasteiger partial charge >= 0.3 is 0 Å². The van der Waals surface area contributed by atoms with E-state index in [4.69, 9.17) is 9.68 Å². The highest BCUT2D eigenvalue weighted by molar-refractivity contribution is 5.32. The maximum absolute atomic E-state index is 8.57. The van der Waals surface area contributed by atoms with Gasteiger partial charge in [-0.05, 0) is 20.8 Å². The molecule has 1 aromatic rings. The van der Waals surface area contributed by atoms with Gasteiger partial charge in [0.25, 0.3) is 6.01 Å². The lowest BCUT2D eigenvalue weighted by molar-refractivity contribution is 0.534. The number of nitrogens with zero attached hydrogens (tertiary/aromatic N) is 2. The van der Waals surface area contributed by atoms with Gasteiger partial charge in [-0.25, -0.2) is 0 Å². The summed E-state index contributed by atoms with van der Waals surface area (Å²) in [6, 6.07) is 2.62. The summed E-state index contributed by atoms with van der Waals surface area (Å²) < 4.78 is 5.17. The standard InChI is InChI=1S/C8H11N3O/c1-5(2)10-8-11-7(4-9)6(3)12-8/h5H,1-3H3,(H,10,11). The minimum Gasteiger partial charge on any atom is -0.428 e. The highest BCUT2D eigenvalue weighted by Gasteiger charge is 2.08.